The van der Waals surface area contributed by atoms with E-state index in [0.29, 0.717) is 0 Å². The van der Waals surface area contributed by atoms with Gasteiger partial charge in [0.2, 0.25) is 0 Å². The smallest absolute Gasteiger partial charge is 0.333 e. The van der Waals surface area contributed by atoms with Gasteiger partial charge in [-0.15, -0.1) is 0 Å². The molecule has 3 aliphatic carbocycles. The summed E-state index contributed by atoms with van der Waals surface area (Å²) in [5, 5.41) is 9.77. The van der Waals surface area contributed by atoms with E-state index in [1.54, 1.807) is 0 Å². The van der Waals surface area contributed by atoms with Crippen molar-refractivity contribution >= 4 is 106 Å². The summed E-state index contributed by atoms with van der Waals surface area (Å²) in [6.45, 7) is 24.1. The van der Waals surface area contributed by atoms with E-state index in [9.17, 15) is 0 Å². The predicted octanol–water partition coefficient (Wildman–Crippen LogP) is 18.0. The molecule has 76 heavy (non-hydrogen) atoms. The number of furan rings is 2. The third kappa shape index (κ3) is 5.19. The fourth-order valence-electron chi connectivity index (χ4n) is 16.2. The molecule has 0 radical (unpaired) electrons. The number of fused-ring (bicyclic) bond motifs is 22. The third-order valence-electron chi connectivity index (χ3n) is 20.4. The average molecular weight is 985 g/mol. The highest BCUT2D eigenvalue weighted by molar-refractivity contribution is 6.94. The Balaban J connectivity index is 1.07. The van der Waals surface area contributed by atoms with Gasteiger partial charge in [-0.05, 0) is 162 Å². The van der Waals surface area contributed by atoms with E-state index in [4.69, 9.17) is 8.83 Å². The topological polar surface area (TPSA) is 34.5 Å². The van der Waals surface area contributed by atoms with E-state index >= 15 is 0 Å². The molecule has 12 aromatic rings. The van der Waals surface area contributed by atoms with Crippen LogP contribution in [-0.2, 0) is 27.1 Å². The Hall–Kier alpha value is -7.50. The van der Waals surface area contributed by atoms with Crippen LogP contribution in [0.3, 0.4) is 0 Å². The maximum atomic E-state index is 7.67. The van der Waals surface area contributed by atoms with Crippen LogP contribution in [0.25, 0.3) is 104 Å². The van der Waals surface area contributed by atoms with Gasteiger partial charge in [0.05, 0.1) is 16.7 Å². The molecular weight excluding hydrogens is 924 g/mol. The minimum Gasteiger partial charge on any atom is -0.455 e. The summed E-state index contributed by atoms with van der Waals surface area (Å²) in [4.78, 5) is 2.68. The average Bonchev–Trinajstić information content (AvgIpc) is 3.73. The van der Waals surface area contributed by atoms with Crippen molar-refractivity contribution < 1.29 is 8.83 Å². The highest BCUT2D eigenvalue weighted by atomic mass is 16.3. The van der Waals surface area contributed by atoms with Gasteiger partial charge in [0, 0.05) is 60.1 Å². The quantitative estimate of drug-likeness (QED) is 0.154. The summed E-state index contributed by atoms with van der Waals surface area (Å²) in [5.74, 6) is 0. The highest BCUT2D eigenvalue weighted by Crippen LogP contribution is 2.60. The molecule has 2 aliphatic heterocycles. The maximum absolute atomic E-state index is 7.67. The Morgan fingerprint density at radius 1 is 0.408 bits per heavy atom. The van der Waals surface area contributed by atoms with E-state index < -0.39 is 0 Å². The molecule has 0 saturated carbocycles. The molecule has 5 heteroatoms. The largest absolute Gasteiger partial charge is 0.455 e. The van der Waals surface area contributed by atoms with E-state index in [-0.39, 0.29) is 33.9 Å². The molecule has 0 saturated heterocycles. The van der Waals surface area contributed by atoms with Gasteiger partial charge in [0.15, 0.2) is 5.58 Å². The summed E-state index contributed by atoms with van der Waals surface area (Å²) < 4.78 is 17.8. The molecule has 3 aromatic heterocycles. The number of rotatable bonds is 1. The van der Waals surface area contributed by atoms with Crippen LogP contribution in [0.4, 0.5) is 11.4 Å². The lowest BCUT2D eigenvalue weighted by Crippen LogP contribution is -2.61. The van der Waals surface area contributed by atoms with Crippen molar-refractivity contribution in [1.82, 2.24) is 4.57 Å². The number of hydrogen-bond acceptors (Lipinski definition) is 3. The van der Waals surface area contributed by atoms with Crippen LogP contribution in [0.2, 0.25) is 0 Å². The number of aromatic nitrogens is 1. The van der Waals surface area contributed by atoms with Crippen molar-refractivity contribution in [1.29, 1.82) is 0 Å². The van der Waals surface area contributed by atoms with E-state index in [1.165, 1.54) is 121 Å². The van der Waals surface area contributed by atoms with Gasteiger partial charge in [-0.1, -0.05) is 160 Å². The van der Waals surface area contributed by atoms with Crippen LogP contribution < -0.4 is 15.7 Å². The van der Waals surface area contributed by atoms with E-state index in [0.717, 1.165) is 64.8 Å². The summed E-state index contributed by atoms with van der Waals surface area (Å²) in [6.07, 6.45) is 4.61. The number of para-hydroxylation sites is 2. The minimum absolute atomic E-state index is 0.0368. The van der Waals surface area contributed by atoms with Crippen LogP contribution >= 0.6 is 0 Å². The molecule has 0 unspecified atom stereocenters. The monoisotopic (exact) mass is 984 g/mol. The van der Waals surface area contributed by atoms with Crippen molar-refractivity contribution in [2.24, 2.45) is 0 Å². The standard InChI is InChI=1S/C71H61BN2O2/c1-67(2)29-31-69(5,6)51-36-57-45(33-49(51)67)43-21-16-24-55(65(43)75-57)74-54-28-27-44-46-34-50-52(70(7,8)32-30-68(50,3)4)37-58(46)76-66(44)59(54)60-61-47(40-19-13-14-22-48(40)71(61,9)10)35-56-62(60)72(74)53-23-15-20-41-42-26-25-38-17-11-12-18-39(38)63(42)73(56)64(41)53/h11-28,33-37H,29-32H2,1-10H3. The second-order valence-corrected chi connectivity index (χ2v) is 26.8. The Kier molecular flexibility index (Phi) is 7.89. The van der Waals surface area contributed by atoms with Gasteiger partial charge < -0.3 is 18.2 Å². The summed E-state index contributed by atoms with van der Waals surface area (Å²) in [6, 6.07) is 54.1. The van der Waals surface area contributed by atoms with Gasteiger partial charge in [0.1, 0.15) is 16.7 Å². The molecule has 0 amide bonds. The third-order valence-corrected chi connectivity index (χ3v) is 20.4. The molecule has 17 rings (SSSR count). The minimum atomic E-state index is -0.321. The van der Waals surface area contributed by atoms with Gasteiger partial charge >= 0.3 is 6.85 Å². The molecule has 0 N–H and O–H groups in total. The second-order valence-electron chi connectivity index (χ2n) is 26.8. The molecule has 0 spiro atoms. The number of benzene rings is 9. The Morgan fingerprint density at radius 3 is 1.68 bits per heavy atom. The number of hydrogen-bond donors (Lipinski definition) is 0. The van der Waals surface area contributed by atoms with Gasteiger partial charge in [0.25, 0.3) is 0 Å². The molecule has 4 nitrogen and oxygen atoms in total. The first-order valence-electron chi connectivity index (χ1n) is 28.0. The van der Waals surface area contributed by atoms with Gasteiger partial charge in [-0.25, -0.2) is 0 Å². The Bertz CT molecular complexity index is 4700. The molecule has 0 atom stereocenters. The first kappa shape index (κ1) is 43.7. The van der Waals surface area contributed by atoms with Crippen LogP contribution in [0.5, 0.6) is 0 Å². The summed E-state index contributed by atoms with van der Waals surface area (Å²) in [7, 11) is 0. The molecule has 5 aliphatic rings. The molecule has 5 heterocycles. The fraction of sp³-hybridized carbons (Fsp3) is 0.268. The van der Waals surface area contributed by atoms with Crippen LogP contribution in [-0.4, -0.2) is 11.4 Å². The zero-order chi connectivity index (χ0) is 51.5. The van der Waals surface area contributed by atoms with Crippen molar-refractivity contribution in [3.63, 3.8) is 0 Å². The Labute approximate surface area is 444 Å². The summed E-state index contributed by atoms with van der Waals surface area (Å²) in [5.41, 5.74) is 25.8. The van der Waals surface area contributed by atoms with Crippen LogP contribution in [0.1, 0.15) is 128 Å². The lowest BCUT2D eigenvalue weighted by Gasteiger charge is -2.43. The lowest BCUT2D eigenvalue weighted by molar-refractivity contribution is 0.332. The SMILES string of the molecule is CC1(C)CCC(C)(C)c2cc3c(cc21)oc1c(N2B4c5c(cc6c(c5-c5c2ccc2c5oc5cc7c(cc52)C(C)(C)CCC7(C)C)C(C)(C)c2ccccc2-6)-n2c5c4cccc5c4ccc5ccccc5c42)cccc13. The van der Waals surface area contributed by atoms with Crippen molar-refractivity contribution in [3.8, 4) is 27.9 Å². The first-order chi connectivity index (χ1) is 36.4. The van der Waals surface area contributed by atoms with Crippen molar-refractivity contribution in [2.45, 2.75) is 122 Å². The normalized spacial score (nSPS) is 18.7. The van der Waals surface area contributed by atoms with Gasteiger partial charge in [-0.3, -0.25) is 0 Å². The Morgan fingerprint density at radius 2 is 0.974 bits per heavy atom. The fourth-order valence-corrected chi connectivity index (χ4v) is 16.2. The molecule has 370 valence electrons. The zero-order valence-corrected chi connectivity index (χ0v) is 45.4. The van der Waals surface area contributed by atoms with E-state index in [2.05, 4.69) is 218 Å². The number of nitrogens with zero attached hydrogens (tertiary/aromatic N) is 2. The molecule has 0 fully saturated rings. The van der Waals surface area contributed by atoms with E-state index in [1.807, 2.05) is 0 Å². The summed E-state index contributed by atoms with van der Waals surface area (Å²) >= 11 is 0. The molecule has 9 aromatic carbocycles. The molecule has 0 bridgehead atoms. The highest BCUT2D eigenvalue weighted by Gasteiger charge is 2.51. The zero-order valence-electron chi connectivity index (χ0n) is 45.4. The predicted molar refractivity (Wildman–Crippen MR) is 320 cm³/mol. The lowest BCUT2D eigenvalue weighted by atomic mass is 9.43. The van der Waals surface area contributed by atoms with Crippen molar-refractivity contribution in [3.05, 3.63) is 173 Å². The van der Waals surface area contributed by atoms with Crippen LogP contribution in [0.15, 0.2) is 148 Å². The van der Waals surface area contributed by atoms with Crippen LogP contribution in [0, 0.1) is 0 Å². The molecular formula is C71H61BN2O2. The van der Waals surface area contributed by atoms with Crippen molar-refractivity contribution in [2.75, 3.05) is 4.81 Å². The second kappa shape index (κ2) is 13.7. The maximum Gasteiger partial charge on any atom is 0.333 e. The first-order valence-corrected chi connectivity index (χ1v) is 28.0. The number of anilines is 2. The van der Waals surface area contributed by atoms with Gasteiger partial charge in [-0.2, -0.15) is 0 Å².